The van der Waals surface area contributed by atoms with Crippen molar-refractivity contribution in [3.8, 4) is 0 Å². The van der Waals surface area contributed by atoms with Gasteiger partial charge in [0.05, 0.1) is 6.04 Å². The van der Waals surface area contributed by atoms with Gasteiger partial charge in [-0.2, -0.15) is 0 Å². The van der Waals surface area contributed by atoms with Crippen LogP contribution < -0.4 is 16.0 Å². The number of aryl methyl sites for hydroxylation is 1. The largest absolute Gasteiger partial charge is 0.344 e. The van der Waals surface area contributed by atoms with Crippen LogP contribution in [0, 0.1) is 5.92 Å². The van der Waals surface area contributed by atoms with E-state index in [1.165, 1.54) is 11.6 Å². The second-order valence-corrected chi connectivity index (χ2v) is 11.4. The highest BCUT2D eigenvalue weighted by molar-refractivity contribution is 6.36. The number of nitrogens with zero attached hydrogens (tertiary/aromatic N) is 4. The average molecular weight is 631 g/mol. The summed E-state index contributed by atoms with van der Waals surface area (Å²) in [6, 6.07) is 12.1. The molecule has 0 fully saturated rings. The highest BCUT2D eigenvalue weighted by Gasteiger charge is 2.29. The molecular weight excluding hydrogens is 593 g/mol. The molecule has 13 heteroatoms. The summed E-state index contributed by atoms with van der Waals surface area (Å²) in [4.78, 5) is 51.7. The molecule has 0 aliphatic heterocycles. The molecule has 3 N–H and O–H groups in total. The molecule has 0 aliphatic carbocycles. The van der Waals surface area contributed by atoms with Crippen LogP contribution in [0.3, 0.4) is 0 Å². The SMILES string of the molecule is CCC(NC(=O)C(C)NC(=O)C(NC(=O)CCc1ccccc1)C(C)C)C(=O)Cn1nnnc1Cc1c(Cl)cccc1Cl. The van der Waals surface area contributed by atoms with Crippen LogP contribution in [0.2, 0.25) is 10.0 Å². The minimum Gasteiger partial charge on any atom is -0.344 e. The summed E-state index contributed by atoms with van der Waals surface area (Å²) < 4.78 is 1.34. The third-order valence-electron chi connectivity index (χ3n) is 6.92. The maximum atomic E-state index is 13.1. The van der Waals surface area contributed by atoms with E-state index >= 15 is 0 Å². The topological polar surface area (TPSA) is 148 Å². The zero-order valence-electron chi connectivity index (χ0n) is 24.6. The van der Waals surface area contributed by atoms with Crippen LogP contribution in [-0.2, 0) is 38.6 Å². The summed E-state index contributed by atoms with van der Waals surface area (Å²) in [6.45, 7) is 6.71. The molecule has 3 rings (SSSR count). The second-order valence-electron chi connectivity index (χ2n) is 10.6. The van der Waals surface area contributed by atoms with E-state index in [0.717, 1.165) is 5.56 Å². The van der Waals surface area contributed by atoms with E-state index < -0.39 is 29.9 Å². The average Bonchev–Trinajstić information content (AvgIpc) is 3.41. The zero-order chi connectivity index (χ0) is 31.5. The molecule has 3 unspecified atom stereocenters. The molecule has 0 bridgehead atoms. The van der Waals surface area contributed by atoms with Crippen molar-refractivity contribution < 1.29 is 19.2 Å². The molecule has 0 radical (unpaired) electrons. The van der Waals surface area contributed by atoms with Crippen molar-refractivity contribution in [2.45, 2.75) is 78.0 Å². The fourth-order valence-electron chi connectivity index (χ4n) is 4.35. The number of carbonyl (C=O) groups excluding carboxylic acids is 4. The number of nitrogens with one attached hydrogen (secondary N) is 3. The molecule has 43 heavy (non-hydrogen) atoms. The first-order valence-corrected chi connectivity index (χ1v) is 14.9. The number of ketones is 1. The monoisotopic (exact) mass is 629 g/mol. The predicted molar refractivity (Wildman–Crippen MR) is 163 cm³/mol. The number of halogens is 2. The number of hydrogen-bond donors (Lipinski definition) is 3. The molecule has 0 saturated carbocycles. The van der Waals surface area contributed by atoms with Gasteiger partial charge in [0.1, 0.15) is 18.6 Å². The highest BCUT2D eigenvalue weighted by atomic mass is 35.5. The summed E-state index contributed by atoms with van der Waals surface area (Å²) in [6.07, 6.45) is 1.30. The maximum absolute atomic E-state index is 13.1. The van der Waals surface area contributed by atoms with Crippen molar-refractivity contribution in [3.63, 3.8) is 0 Å². The Labute approximate surface area is 261 Å². The standard InChI is InChI=1S/C30H37Cl2N7O4/c1-5-24(25(40)17-39-26(36-37-38-39)16-21-22(31)12-9-13-23(21)32)34-29(42)19(4)33-30(43)28(18(2)3)35-27(41)15-14-20-10-7-6-8-11-20/h6-13,18-19,24,28H,5,14-17H2,1-4H3,(H,33,43)(H,34,42)(H,35,41). The predicted octanol–water partition coefficient (Wildman–Crippen LogP) is 3.31. The van der Waals surface area contributed by atoms with Gasteiger partial charge in [0, 0.05) is 22.9 Å². The van der Waals surface area contributed by atoms with Gasteiger partial charge in [-0.1, -0.05) is 80.4 Å². The number of tetrazole rings is 1. The molecular formula is C30H37Cl2N7O4. The summed E-state index contributed by atoms with van der Waals surface area (Å²) in [7, 11) is 0. The van der Waals surface area contributed by atoms with Crippen LogP contribution in [0.25, 0.3) is 0 Å². The lowest BCUT2D eigenvalue weighted by Gasteiger charge is -2.25. The maximum Gasteiger partial charge on any atom is 0.243 e. The van der Waals surface area contributed by atoms with E-state index in [9.17, 15) is 19.2 Å². The first-order chi connectivity index (χ1) is 20.5. The molecule has 0 saturated heterocycles. The van der Waals surface area contributed by atoms with Gasteiger partial charge in [-0.15, -0.1) is 5.10 Å². The number of amides is 3. The summed E-state index contributed by atoms with van der Waals surface area (Å²) in [5, 5.41) is 20.6. The molecule has 0 aliphatic rings. The number of rotatable bonds is 15. The van der Waals surface area contributed by atoms with Gasteiger partial charge < -0.3 is 16.0 Å². The van der Waals surface area contributed by atoms with E-state index in [2.05, 4.69) is 31.5 Å². The second kappa shape index (κ2) is 16.1. The lowest BCUT2D eigenvalue weighted by Crippen LogP contribution is -2.56. The van der Waals surface area contributed by atoms with Crippen molar-refractivity contribution in [2.24, 2.45) is 5.92 Å². The van der Waals surface area contributed by atoms with Crippen LogP contribution >= 0.6 is 23.2 Å². The lowest BCUT2D eigenvalue weighted by molar-refractivity contribution is -0.133. The molecule has 230 valence electrons. The Morgan fingerprint density at radius 1 is 0.884 bits per heavy atom. The Morgan fingerprint density at radius 3 is 2.19 bits per heavy atom. The van der Waals surface area contributed by atoms with Crippen molar-refractivity contribution >= 4 is 46.7 Å². The smallest absolute Gasteiger partial charge is 0.243 e. The fraction of sp³-hybridized carbons (Fsp3) is 0.433. The van der Waals surface area contributed by atoms with Crippen molar-refractivity contribution in [1.82, 2.24) is 36.2 Å². The van der Waals surface area contributed by atoms with Crippen molar-refractivity contribution in [1.29, 1.82) is 0 Å². The van der Waals surface area contributed by atoms with Crippen molar-refractivity contribution in [2.75, 3.05) is 0 Å². The summed E-state index contributed by atoms with van der Waals surface area (Å²) >= 11 is 12.5. The van der Waals surface area contributed by atoms with Gasteiger partial charge in [0.2, 0.25) is 17.7 Å². The van der Waals surface area contributed by atoms with Gasteiger partial charge in [-0.3, -0.25) is 19.2 Å². The fourth-order valence-corrected chi connectivity index (χ4v) is 4.88. The van der Waals surface area contributed by atoms with Crippen LogP contribution in [0.15, 0.2) is 48.5 Å². The van der Waals surface area contributed by atoms with E-state index in [4.69, 9.17) is 23.2 Å². The molecule has 2 aromatic carbocycles. The first-order valence-electron chi connectivity index (χ1n) is 14.1. The minimum atomic E-state index is -0.956. The highest BCUT2D eigenvalue weighted by Crippen LogP contribution is 2.26. The van der Waals surface area contributed by atoms with Crippen LogP contribution in [0.5, 0.6) is 0 Å². The van der Waals surface area contributed by atoms with Crippen molar-refractivity contribution in [3.05, 3.63) is 75.5 Å². The van der Waals surface area contributed by atoms with Gasteiger partial charge in [0.15, 0.2) is 11.6 Å². The Morgan fingerprint density at radius 2 is 1.56 bits per heavy atom. The first kappa shape index (κ1) is 33.7. The molecule has 3 aromatic rings. The quantitative estimate of drug-likeness (QED) is 0.233. The Balaban J connectivity index is 1.55. The number of carbonyl (C=O) groups is 4. The molecule has 0 spiro atoms. The van der Waals surface area contributed by atoms with Crippen LogP contribution in [-0.4, -0.2) is 61.8 Å². The normalized spacial score (nSPS) is 13.2. The molecule has 3 amide bonds. The van der Waals surface area contributed by atoms with Gasteiger partial charge in [-0.05, 0) is 59.4 Å². The Bertz CT molecular complexity index is 1390. The van der Waals surface area contributed by atoms with E-state index in [1.54, 1.807) is 25.1 Å². The van der Waals surface area contributed by atoms with Gasteiger partial charge in [-0.25, -0.2) is 4.68 Å². The van der Waals surface area contributed by atoms with Crippen LogP contribution in [0.1, 0.15) is 57.5 Å². The van der Waals surface area contributed by atoms with E-state index in [0.29, 0.717) is 34.3 Å². The number of benzene rings is 2. The van der Waals surface area contributed by atoms with Gasteiger partial charge >= 0.3 is 0 Å². The third kappa shape index (κ3) is 9.86. The minimum absolute atomic E-state index is 0.186. The molecule has 3 atom stereocenters. The third-order valence-corrected chi connectivity index (χ3v) is 7.63. The van der Waals surface area contributed by atoms with Gasteiger partial charge in [0.25, 0.3) is 0 Å². The van der Waals surface area contributed by atoms with E-state index in [-0.39, 0.29) is 37.0 Å². The Hall–Kier alpha value is -3.83. The summed E-state index contributed by atoms with van der Waals surface area (Å²) in [5.74, 6) is -1.43. The molecule has 1 heterocycles. The number of hydrogen-bond acceptors (Lipinski definition) is 7. The molecule has 1 aromatic heterocycles. The number of aromatic nitrogens is 4. The summed E-state index contributed by atoms with van der Waals surface area (Å²) in [5.41, 5.74) is 1.65. The van der Waals surface area contributed by atoms with E-state index in [1.807, 2.05) is 44.2 Å². The number of Topliss-reactive ketones (excluding diaryl/α,β-unsaturated/α-hetero) is 1. The zero-order valence-corrected chi connectivity index (χ0v) is 26.2. The molecule has 11 nitrogen and oxygen atoms in total. The van der Waals surface area contributed by atoms with Crippen LogP contribution in [0.4, 0.5) is 0 Å². The Kier molecular flexibility index (Phi) is 12.6. The lowest BCUT2D eigenvalue weighted by atomic mass is 10.0.